The lowest BCUT2D eigenvalue weighted by atomic mass is 9.85. The molecule has 1 amide bonds. The number of amides is 1. The highest BCUT2D eigenvalue weighted by Gasteiger charge is 2.31. The molecule has 2 saturated carbocycles. The summed E-state index contributed by atoms with van der Waals surface area (Å²) < 4.78 is 0. The summed E-state index contributed by atoms with van der Waals surface area (Å²) >= 11 is 0. The minimum atomic E-state index is 0.140. The molecule has 0 radical (unpaired) electrons. The molecule has 5 nitrogen and oxygen atoms in total. The van der Waals surface area contributed by atoms with Gasteiger partial charge in [-0.15, -0.1) is 0 Å². The summed E-state index contributed by atoms with van der Waals surface area (Å²) in [4.78, 5) is 16.7. The van der Waals surface area contributed by atoms with Crippen LogP contribution in [0.25, 0.3) is 0 Å². The molecule has 3 N–H and O–H groups in total. The van der Waals surface area contributed by atoms with Gasteiger partial charge in [-0.25, -0.2) is 0 Å². The van der Waals surface area contributed by atoms with E-state index < -0.39 is 0 Å². The lowest BCUT2D eigenvalue weighted by Gasteiger charge is -2.30. The maximum atomic E-state index is 12.4. The second-order valence-electron chi connectivity index (χ2n) is 8.25. The molecule has 3 rings (SSSR count). The zero-order valence-corrected chi connectivity index (χ0v) is 16.9. The molecule has 2 aliphatic carbocycles. The van der Waals surface area contributed by atoms with Gasteiger partial charge in [0.25, 0.3) is 0 Å². The molecule has 3 atom stereocenters. The number of hydrogen-bond donors (Lipinski definition) is 3. The van der Waals surface area contributed by atoms with Gasteiger partial charge in [-0.2, -0.15) is 0 Å². The molecule has 0 spiro atoms. The van der Waals surface area contributed by atoms with Crippen LogP contribution in [0.5, 0.6) is 0 Å². The van der Waals surface area contributed by atoms with Gasteiger partial charge in [-0.3, -0.25) is 9.79 Å². The number of carbonyl (C=O) groups excluding carboxylic acids is 1. The van der Waals surface area contributed by atoms with E-state index in [-0.39, 0.29) is 11.8 Å². The van der Waals surface area contributed by atoms with Crippen molar-refractivity contribution in [2.24, 2.45) is 10.9 Å². The van der Waals surface area contributed by atoms with Crippen LogP contribution in [-0.4, -0.2) is 37.5 Å². The van der Waals surface area contributed by atoms with Crippen molar-refractivity contribution < 1.29 is 4.79 Å². The first kappa shape index (κ1) is 19.7. The van der Waals surface area contributed by atoms with Crippen molar-refractivity contribution in [2.45, 2.75) is 70.4 Å². The molecular weight excluding hydrogens is 336 g/mol. The third-order valence-electron chi connectivity index (χ3n) is 5.76. The van der Waals surface area contributed by atoms with Crippen molar-refractivity contribution in [1.82, 2.24) is 16.0 Å². The van der Waals surface area contributed by atoms with Crippen LogP contribution in [0.15, 0.2) is 29.3 Å². The summed E-state index contributed by atoms with van der Waals surface area (Å²) in [7, 11) is 1.81. The number of rotatable bonds is 6. The number of carbonyl (C=O) groups is 1. The van der Waals surface area contributed by atoms with E-state index in [2.05, 4.69) is 59.1 Å². The molecule has 1 aromatic rings. The van der Waals surface area contributed by atoms with Gasteiger partial charge < -0.3 is 16.0 Å². The van der Waals surface area contributed by atoms with Gasteiger partial charge in [0.15, 0.2) is 5.96 Å². The summed E-state index contributed by atoms with van der Waals surface area (Å²) in [6, 6.07) is 9.48. The van der Waals surface area contributed by atoms with Crippen molar-refractivity contribution in [3.63, 3.8) is 0 Å². The monoisotopic (exact) mass is 370 g/mol. The molecule has 148 valence electrons. The van der Waals surface area contributed by atoms with Crippen LogP contribution in [0.4, 0.5) is 0 Å². The molecule has 0 heterocycles. The van der Waals surface area contributed by atoms with Crippen molar-refractivity contribution in [3.8, 4) is 0 Å². The van der Waals surface area contributed by atoms with Gasteiger partial charge in [0, 0.05) is 31.6 Å². The van der Waals surface area contributed by atoms with Crippen LogP contribution in [0.1, 0.15) is 62.5 Å². The van der Waals surface area contributed by atoms with Crippen LogP contribution in [0.2, 0.25) is 0 Å². The van der Waals surface area contributed by atoms with Crippen LogP contribution in [0.3, 0.4) is 0 Å². The van der Waals surface area contributed by atoms with Gasteiger partial charge >= 0.3 is 0 Å². The Balaban J connectivity index is 1.46. The number of aryl methyl sites for hydroxylation is 1. The fourth-order valence-electron chi connectivity index (χ4n) is 3.76. The zero-order valence-electron chi connectivity index (χ0n) is 16.9. The normalized spacial score (nSPS) is 24.2. The van der Waals surface area contributed by atoms with Gasteiger partial charge in [0.2, 0.25) is 5.91 Å². The average Bonchev–Trinajstić information content (AvgIpc) is 3.49. The number of nitrogens with one attached hydrogen (secondary N) is 3. The summed E-state index contributed by atoms with van der Waals surface area (Å²) in [5.41, 5.74) is 2.62. The number of benzene rings is 1. The van der Waals surface area contributed by atoms with E-state index in [1.165, 1.54) is 11.1 Å². The van der Waals surface area contributed by atoms with E-state index in [0.717, 1.165) is 51.0 Å². The van der Waals surface area contributed by atoms with E-state index in [0.29, 0.717) is 18.0 Å². The highest BCUT2D eigenvalue weighted by Crippen LogP contribution is 2.26. The molecule has 1 aromatic carbocycles. The van der Waals surface area contributed by atoms with Gasteiger partial charge in [-0.1, -0.05) is 43.2 Å². The lowest BCUT2D eigenvalue weighted by Crippen LogP contribution is -2.47. The minimum Gasteiger partial charge on any atom is -0.356 e. The molecule has 3 unspecified atom stereocenters. The van der Waals surface area contributed by atoms with E-state index in [4.69, 9.17) is 0 Å². The number of guanidine groups is 1. The highest BCUT2D eigenvalue weighted by molar-refractivity contribution is 5.81. The van der Waals surface area contributed by atoms with E-state index in [1.54, 1.807) is 0 Å². The third kappa shape index (κ3) is 5.98. The molecule has 2 fully saturated rings. The maximum absolute atomic E-state index is 12.4. The van der Waals surface area contributed by atoms with Crippen LogP contribution in [0, 0.1) is 12.8 Å². The average molecular weight is 371 g/mol. The molecule has 0 saturated heterocycles. The van der Waals surface area contributed by atoms with Gasteiger partial charge in [-0.05, 0) is 50.5 Å². The molecule has 0 aromatic heterocycles. The van der Waals surface area contributed by atoms with E-state index >= 15 is 0 Å². The lowest BCUT2D eigenvalue weighted by molar-refractivity contribution is -0.126. The van der Waals surface area contributed by atoms with Crippen molar-refractivity contribution >= 4 is 11.9 Å². The molecule has 0 bridgehead atoms. The third-order valence-corrected chi connectivity index (χ3v) is 5.76. The van der Waals surface area contributed by atoms with E-state index in [1.807, 2.05) is 7.05 Å². The van der Waals surface area contributed by atoms with Crippen molar-refractivity contribution in [2.75, 3.05) is 13.6 Å². The molecule has 27 heavy (non-hydrogen) atoms. The number of nitrogens with zero attached hydrogens (tertiary/aromatic N) is 1. The summed E-state index contributed by atoms with van der Waals surface area (Å²) in [5, 5.41) is 10.1. The quantitative estimate of drug-likeness (QED) is 0.532. The predicted molar refractivity (Wildman–Crippen MR) is 111 cm³/mol. The minimum absolute atomic E-state index is 0.140. The highest BCUT2D eigenvalue weighted by atomic mass is 16.2. The molecule has 2 aliphatic rings. The van der Waals surface area contributed by atoms with Gasteiger partial charge in [0.05, 0.1) is 0 Å². The standard InChI is InChI=1S/C22H34N4O/c1-15-7-9-17(10-8-15)16(2)14-24-22(23-3)26-20-6-4-5-18(13-20)21(27)25-19-11-12-19/h7-10,16,18-20H,4-6,11-14H2,1-3H3,(H,25,27)(H2,23,24,26). The Bertz CT molecular complexity index is 651. The second kappa shape index (κ2) is 9.25. The topological polar surface area (TPSA) is 65.5 Å². The number of aliphatic imine (C=N–C) groups is 1. The van der Waals surface area contributed by atoms with E-state index in [9.17, 15) is 4.79 Å². The van der Waals surface area contributed by atoms with Crippen LogP contribution >= 0.6 is 0 Å². The smallest absolute Gasteiger partial charge is 0.223 e. The molecular formula is C22H34N4O. The number of hydrogen-bond acceptors (Lipinski definition) is 2. The Labute approximate surface area is 163 Å². The largest absolute Gasteiger partial charge is 0.356 e. The maximum Gasteiger partial charge on any atom is 0.223 e. The first-order chi connectivity index (χ1) is 13.0. The fraction of sp³-hybridized carbons (Fsp3) is 0.636. The summed E-state index contributed by atoms with van der Waals surface area (Å²) in [6.45, 7) is 5.17. The second-order valence-corrected chi connectivity index (χ2v) is 8.25. The Morgan fingerprint density at radius 3 is 2.52 bits per heavy atom. The Kier molecular flexibility index (Phi) is 6.75. The first-order valence-electron chi connectivity index (χ1n) is 10.4. The Hall–Kier alpha value is -2.04. The first-order valence-corrected chi connectivity index (χ1v) is 10.4. The fourth-order valence-corrected chi connectivity index (χ4v) is 3.76. The SMILES string of the molecule is CN=C(NCC(C)c1ccc(C)cc1)NC1CCCC(C(=O)NC2CC2)C1. The van der Waals surface area contributed by atoms with Crippen LogP contribution in [-0.2, 0) is 4.79 Å². The Morgan fingerprint density at radius 1 is 1.11 bits per heavy atom. The van der Waals surface area contributed by atoms with Crippen molar-refractivity contribution in [1.29, 1.82) is 0 Å². The molecule has 0 aliphatic heterocycles. The summed E-state index contributed by atoms with van der Waals surface area (Å²) in [6.07, 6.45) is 6.39. The van der Waals surface area contributed by atoms with Crippen LogP contribution < -0.4 is 16.0 Å². The zero-order chi connectivity index (χ0) is 19.2. The predicted octanol–water partition coefficient (Wildman–Crippen LogP) is 3.10. The van der Waals surface area contributed by atoms with Crippen molar-refractivity contribution in [3.05, 3.63) is 35.4 Å². The van der Waals surface area contributed by atoms with Gasteiger partial charge in [0.1, 0.15) is 0 Å². The Morgan fingerprint density at radius 2 is 1.85 bits per heavy atom. The summed E-state index contributed by atoms with van der Waals surface area (Å²) in [5.74, 6) is 1.64. The molecule has 5 heteroatoms.